The first-order chi connectivity index (χ1) is 13.3. The number of nitrogens with zero attached hydrogens (tertiary/aromatic N) is 2. The lowest BCUT2D eigenvalue weighted by atomic mass is 10.2. The number of aromatic nitrogens is 1. The topological polar surface area (TPSA) is 91.4 Å². The maximum absolute atomic E-state index is 12.6. The van der Waals surface area contributed by atoms with E-state index >= 15 is 0 Å². The number of rotatable bonds is 10. The van der Waals surface area contributed by atoms with E-state index in [4.69, 9.17) is 0 Å². The number of amides is 1. The van der Waals surface area contributed by atoms with Crippen LogP contribution in [0, 0.1) is 0 Å². The Bertz CT molecular complexity index is 857. The van der Waals surface area contributed by atoms with Gasteiger partial charge in [0.05, 0.1) is 4.90 Å². The fraction of sp³-hybridized carbons (Fsp3) is 0.368. The summed E-state index contributed by atoms with van der Waals surface area (Å²) in [5.41, 5.74) is 0.841. The molecular formula is C19H26N4O3S2. The van der Waals surface area contributed by atoms with Crippen LogP contribution >= 0.6 is 11.8 Å². The minimum Gasteiger partial charge on any atom is -0.363 e. The van der Waals surface area contributed by atoms with E-state index < -0.39 is 16.1 Å². The standard InChI is InChI=1S/C19H26N4O3S2/c1-23(2)18-10-9-15(13-20-18)14-21-19(24)17(11-12-27-3)22-28(25,26)16-7-5-4-6-8-16/h4-10,13,17,22H,11-12,14H2,1-3H3,(H,21,24). The number of benzene rings is 1. The van der Waals surface area contributed by atoms with Gasteiger partial charge < -0.3 is 10.2 Å². The minimum absolute atomic E-state index is 0.139. The average molecular weight is 423 g/mol. The first kappa shape index (κ1) is 22.2. The summed E-state index contributed by atoms with van der Waals surface area (Å²) >= 11 is 1.56. The Morgan fingerprint density at radius 3 is 2.46 bits per heavy atom. The van der Waals surface area contributed by atoms with Gasteiger partial charge in [-0.2, -0.15) is 16.5 Å². The molecule has 1 heterocycles. The van der Waals surface area contributed by atoms with E-state index in [9.17, 15) is 13.2 Å². The van der Waals surface area contributed by atoms with Crippen LogP contribution in [0.1, 0.15) is 12.0 Å². The lowest BCUT2D eigenvalue weighted by molar-refractivity contribution is -0.122. The van der Waals surface area contributed by atoms with Crippen LogP contribution in [0.5, 0.6) is 0 Å². The Balaban J connectivity index is 2.04. The predicted molar refractivity (Wildman–Crippen MR) is 114 cm³/mol. The Morgan fingerprint density at radius 1 is 1.18 bits per heavy atom. The number of hydrogen-bond donors (Lipinski definition) is 2. The SMILES string of the molecule is CSCCC(NS(=O)(=O)c1ccccc1)C(=O)NCc1ccc(N(C)C)nc1. The molecule has 0 aliphatic rings. The average Bonchev–Trinajstić information content (AvgIpc) is 2.70. The van der Waals surface area contributed by atoms with Gasteiger partial charge in [0.15, 0.2) is 0 Å². The van der Waals surface area contributed by atoms with Crippen molar-refractivity contribution < 1.29 is 13.2 Å². The number of thioether (sulfide) groups is 1. The van der Waals surface area contributed by atoms with Crippen LogP contribution in [0.2, 0.25) is 0 Å². The highest BCUT2D eigenvalue weighted by atomic mass is 32.2. The van der Waals surface area contributed by atoms with Crippen LogP contribution in [-0.2, 0) is 21.4 Å². The van der Waals surface area contributed by atoms with E-state index in [1.165, 1.54) is 12.1 Å². The fourth-order valence-electron chi connectivity index (χ4n) is 2.43. The Morgan fingerprint density at radius 2 is 1.89 bits per heavy atom. The second-order valence-corrected chi connectivity index (χ2v) is 9.10. The molecule has 1 atom stereocenters. The Hall–Kier alpha value is -2.10. The number of hydrogen-bond acceptors (Lipinski definition) is 6. The lowest BCUT2D eigenvalue weighted by Crippen LogP contribution is -2.46. The highest BCUT2D eigenvalue weighted by molar-refractivity contribution is 7.98. The Labute approximate surface area is 171 Å². The third-order valence-electron chi connectivity index (χ3n) is 4.01. The molecule has 7 nitrogen and oxygen atoms in total. The number of pyridine rings is 1. The van der Waals surface area contributed by atoms with Gasteiger partial charge in [-0.3, -0.25) is 4.79 Å². The largest absolute Gasteiger partial charge is 0.363 e. The van der Waals surface area contributed by atoms with E-state index in [0.29, 0.717) is 12.2 Å². The summed E-state index contributed by atoms with van der Waals surface area (Å²) in [6.07, 6.45) is 4.01. The van der Waals surface area contributed by atoms with Crippen molar-refractivity contribution in [3.8, 4) is 0 Å². The second-order valence-electron chi connectivity index (χ2n) is 6.41. The maximum atomic E-state index is 12.6. The van der Waals surface area contributed by atoms with Gasteiger partial charge in [-0.15, -0.1) is 0 Å². The van der Waals surface area contributed by atoms with Crippen LogP contribution in [0.3, 0.4) is 0 Å². The van der Waals surface area contributed by atoms with Crippen molar-refractivity contribution in [1.29, 1.82) is 0 Å². The van der Waals surface area contributed by atoms with Crippen molar-refractivity contribution in [3.05, 3.63) is 54.2 Å². The van der Waals surface area contributed by atoms with Crippen molar-refractivity contribution >= 4 is 33.5 Å². The molecule has 9 heteroatoms. The van der Waals surface area contributed by atoms with E-state index in [2.05, 4.69) is 15.0 Å². The smallest absolute Gasteiger partial charge is 0.241 e. The molecule has 0 spiro atoms. The van der Waals surface area contributed by atoms with Gasteiger partial charge in [0, 0.05) is 26.8 Å². The van der Waals surface area contributed by atoms with Gasteiger partial charge in [-0.05, 0) is 42.2 Å². The van der Waals surface area contributed by atoms with Gasteiger partial charge in [0.2, 0.25) is 15.9 Å². The maximum Gasteiger partial charge on any atom is 0.241 e. The first-order valence-electron chi connectivity index (χ1n) is 8.80. The minimum atomic E-state index is -3.77. The van der Waals surface area contributed by atoms with Gasteiger partial charge >= 0.3 is 0 Å². The van der Waals surface area contributed by atoms with Crippen molar-refractivity contribution in [3.63, 3.8) is 0 Å². The van der Waals surface area contributed by atoms with Crippen molar-refractivity contribution in [1.82, 2.24) is 15.0 Å². The van der Waals surface area contributed by atoms with Crippen LogP contribution in [0.25, 0.3) is 0 Å². The predicted octanol–water partition coefficient (Wildman–Crippen LogP) is 1.86. The molecule has 1 unspecified atom stereocenters. The van der Waals surface area contributed by atoms with E-state index in [-0.39, 0.29) is 17.3 Å². The molecule has 1 aromatic heterocycles. The monoisotopic (exact) mass is 422 g/mol. The molecule has 1 amide bonds. The summed E-state index contributed by atoms with van der Waals surface area (Å²) < 4.78 is 27.7. The summed E-state index contributed by atoms with van der Waals surface area (Å²) in [6.45, 7) is 0.280. The highest BCUT2D eigenvalue weighted by Crippen LogP contribution is 2.11. The summed E-state index contributed by atoms with van der Waals surface area (Å²) in [4.78, 5) is 19.0. The molecule has 0 saturated heterocycles. The number of carbonyl (C=O) groups excluding carboxylic acids is 1. The normalized spacial score (nSPS) is 12.4. The molecule has 0 aliphatic heterocycles. The zero-order chi connectivity index (χ0) is 20.6. The van der Waals surface area contributed by atoms with Crippen LogP contribution in [0.15, 0.2) is 53.6 Å². The lowest BCUT2D eigenvalue weighted by Gasteiger charge is -2.18. The molecule has 0 radical (unpaired) electrons. The number of anilines is 1. The summed E-state index contributed by atoms with van der Waals surface area (Å²) in [5, 5.41) is 2.80. The molecule has 1 aromatic carbocycles. The van der Waals surface area contributed by atoms with Gasteiger partial charge in [0.1, 0.15) is 11.9 Å². The molecule has 2 N–H and O–H groups in total. The quantitative estimate of drug-likeness (QED) is 0.607. The molecule has 2 aromatic rings. The molecule has 0 saturated carbocycles. The first-order valence-corrected chi connectivity index (χ1v) is 11.7. The summed E-state index contributed by atoms with van der Waals surface area (Å²) in [7, 11) is 0.0325. The molecular weight excluding hydrogens is 396 g/mol. The van der Waals surface area contributed by atoms with Crippen LogP contribution in [0.4, 0.5) is 5.82 Å². The number of nitrogens with one attached hydrogen (secondary N) is 2. The summed E-state index contributed by atoms with van der Waals surface area (Å²) in [6, 6.07) is 11.0. The molecule has 0 fully saturated rings. The third-order valence-corrected chi connectivity index (χ3v) is 6.14. The van der Waals surface area contributed by atoms with Crippen molar-refractivity contribution in [2.24, 2.45) is 0 Å². The Kier molecular flexibility index (Phi) is 8.28. The van der Waals surface area contributed by atoms with Gasteiger partial charge in [0.25, 0.3) is 0 Å². The number of carbonyl (C=O) groups is 1. The van der Waals surface area contributed by atoms with Gasteiger partial charge in [-0.25, -0.2) is 13.4 Å². The van der Waals surface area contributed by atoms with E-state index in [1.54, 1.807) is 36.2 Å². The van der Waals surface area contributed by atoms with Crippen LogP contribution in [-0.4, -0.2) is 51.5 Å². The molecule has 28 heavy (non-hydrogen) atoms. The van der Waals surface area contributed by atoms with Crippen molar-refractivity contribution in [2.45, 2.75) is 23.9 Å². The zero-order valence-electron chi connectivity index (χ0n) is 16.3. The zero-order valence-corrected chi connectivity index (χ0v) is 17.9. The van der Waals surface area contributed by atoms with Gasteiger partial charge in [-0.1, -0.05) is 24.3 Å². The summed E-state index contributed by atoms with van der Waals surface area (Å²) in [5.74, 6) is 1.13. The van der Waals surface area contributed by atoms with Crippen LogP contribution < -0.4 is 14.9 Å². The molecule has 152 valence electrons. The molecule has 2 rings (SSSR count). The number of sulfonamides is 1. The molecule has 0 bridgehead atoms. The molecule has 0 aliphatic carbocycles. The van der Waals surface area contributed by atoms with Crippen molar-refractivity contribution in [2.75, 3.05) is 31.0 Å². The van der Waals surface area contributed by atoms with E-state index in [0.717, 1.165) is 11.4 Å². The van der Waals surface area contributed by atoms with E-state index in [1.807, 2.05) is 37.4 Å². The second kappa shape index (κ2) is 10.4. The third kappa shape index (κ3) is 6.50. The highest BCUT2D eigenvalue weighted by Gasteiger charge is 2.25. The fourth-order valence-corrected chi connectivity index (χ4v) is 4.15.